The van der Waals surface area contributed by atoms with Gasteiger partial charge in [0.1, 0.15) is 0 Å². The first-order valence-electron chi connectivity index (χ1n) is 9.76. The second-order valence-corrected chi connectivity index (χ2v) is 9.65. The second kappa shape index (κ2) is 7.70. The van der Waals surface area contributed by atoms with E-state index in [0.29, 0.717) is 23.5 Å². The zero-order valence-corrected chi connectivity index (χ0v) is 18.2. The average Bonchev–Trinajstić information content (AvgIpc) is 3.26. The molecule has 0 saturated heterocycles. The van der Waals surface area contributed by atoms with Gasteiger partial charge in [-0.15, -0.1) is 0 Å². The molecule has 0 saturated carbocycles. The van der Waals surface area contributed by atoms with Gasteiger partial charge in [-0.05, 0) is 54.4 Å². The molecule has 2 aromatic carbocycles. The predicted octanol–water partition coefficient (Wildman–Crippen LogP) is 3.75. The molecule has 31 heavy (non-hydrogen) atoms. The van der Waals surface area contributed by atoms with E-state index in [9.17, 15) is 18.0 Å². The number of nitrogens with zero attached hydrogens (tertiary/aromatic N) is 2. The van der Waals surface area contributed by atoms with Gasteiger partial charge in [0.25, 0.3) is 5.91 Å². The van der Waals surface area contributed by atoms with Gasteiger partial charge in [0.05, 0.1) is 28.6 Å². The number of rotatable bonds is 3. The van der Waals surface area contributed by atoms with E-state index >= 15 is 0 Å². The third-order valence-corrected chi connectivity index (χ3v) is 6.44. The van der Waals surface area contributed by atoms with Crippen LogP contribution in [0.4, 0.5) is 11.4 Å². The number of fused-ring (bicyclic) bond motifs is 1. The fraction of sp³-hybridized carbons (Fsp3) is 0.217. The molecule has 0 fully saturated rings. The van der Waals surface area contributed by atoms with Crippen molar-refractivity contribution in [2.24, 2.45) is 0 Å². The molecule has 2 heterocycles. The molecule has 0 bridgehead atoms. The molecule has 7 nitrogen and oxygen atoms in total. The first kappa shape index (κ1) is 20.9. The Hall–Kier alpha value is -3.39. The van der Waals surface area contributed by atoms with Crippen molar-refractivity contribution in [3.05, 3.63) is 66.6 Å². The van der Waals surface area contributed by atoms with Crippen LogP contribution in [-0.4, -0.2) is 39.1 Å². The third kappa shape index (κ3) is 3.86. The van der Waals surface area contributed by atoms with Gasteiger partial charge in [0.2, 0.25) is 5.91 Å². The Morgan fingerprint density at radius 1 is 1.00 bits per heavy atom. The van der Waals surface area contributed by atoms with Gasteiger partial charge in [-0.3, -0.25) is 9.59 Å². The first-order chi connectivity index (χ1) is 14.7. The van der Waals surface area contributed by atoms with Gasteiger partial charge >= 0.3 is 0 Å². The number of carbonyl (C=O) groups excluding carboxylic acids is 2. The highest BCUT2D eigenvalue weighted by Gasteiger charge is 2.35. The van der Waals surface area contributed by atoms with Gasteiger partial charge in [-0.2, -0.15) is 0 Å². The van der Waals surface area contributed by atoms with Gasteiger partial charge in [-0.1, -0.05) is 18.2 Å². The maximum absolute atomic E-state index is 13.1. The van der Waals surface area contributed by atoms with Crippen LogP contribution >= 0.6 is 0 Å². The molecule has 2 amide bonds. The van der Waals surface area contributed by atoms with Crippen LogP contribution in [0.15, 0.2) is 70.2 Å². The van der Waals surface area contributed by atoms with E-state index in [1.165, 1.54) is 13.2 Å². The van der Waals surface area contributed by atoms with Crippen LogP contribution in [0.3, 0.4) is 0 Å². The molecule has 1 aliphatic rings. The van der Waals surface area contributed by atoms with E-state index in [1.54, 1.807) is 52.3 Å². The van der Waals surface area contributed by atoms with Crippen molar-refractivity contribution in [3.63, 3.8) is 0 Å². The highest BCUT2D eigenvalue weighted by atomic mass is 32.2. The summed E-state index contributed by atoms with van der Waals surface area (Å²) < 4.78 is 29.2. The molecule has 1 aromatic heterocycles. The van der Waals surface area contributed by atoms with Crippen molar-refractivity contribution >= 4 is 33.0 Å². The number of benzene rings is 2. The van der Waals surface area contributed by atoms with Crippen LogP contribution in [0.1, 0.15) is 24.4 Å². The van der Waals surface area contributed by atoms with E-state index in [1.807, 2.05) is 19.1 Å². The lowest BCUT2D eigenvalue weighted by molar-refractivity contribution is -0.117. The molecular weight excluding hydrogens is 416 g/mol. The lowest BCUT2D eigenvalue weighted by Crippen LogP contribution is -2.51. The normalized spacial score (nSPS) is 16.2. The third-order valence-electron chi connectivity index (χ3n) is 5.33. The van der Waals surface area contributed by atoms with Crippen LogP contribution in [-0.2, 0) is 14.6 Å². The molecule has 0 unspecified atom stereocenters. The van der Waals surface area contributed by atoms with Crippen LogP contribution in [0.2, 0.25) is 0 Å². The van der Waals surface area contributed by atoms with Crippen molar-refractivity contribution in [1.82, 2.24) is 0 Å². The number of sulfone groups is 1. The molecule has 1 aliphatic heterocycles. The van der Waals surface area contributed by atoms with E-state index in [4.69, 9.17) is 4.42 Å². The summed E-state index contributed by atoms with van der Waals surface area (Å²) in [6.45, 7) is 3.68. The average molecular weight is 439 g/mol. The number of carbonyl (C=O) groups is 2. The van der Waals surface area contributed by atoms with Crippen molar-refractivity contribution < 1.29 is 22.4 Å². The summed E-state index contributed by atoms with van der Waals surface area (Å²) in [5.41, 5.74) is 2.62. The smallest absolute Gasteiger partial charge is 0.294 e. The molecule has 160 valence electrons. The van der Waals surface area contributed by atoms with E-state index in [2.05, 4.69) is 0 Å². The summed E-state index contributed by atoms with van der Waals surface area (Å²) in [6.07, 6.45) is 2.60. The minimum atomic E-state index is -3.36. The Morgan fingerprint density at radius 2 is 1.74 bits per heavy atom. The van der Waals surface area contributed by atoms with Crippen LogP contribution in [0.25, 0.3) is 11.1 Å². The van der Waals surface area contributed by atoms with Crippen molar-refractivity contribution in [2.75, 3.05) is 22.6 Å². The van der Waals surface area contributed by atoms with Gasteiger partial charge < -0.3 is 14.2 Å². The summed E-state index contributed by atoms with van der Waals surface area (Å²) in [7, 11) is -3.36. The lowest BCUT2D eigenvalue weighted by Gasteiger charge is -2.40. The van der Waals surface area contributed by atoms with Crippen molar-refractivity contribution in [3.8, 4) is 11.1 Å². The Morgan fingerprint density at radius 3 is 2.39 bits per heavy atom. The summed E-state index contributed by atoms with van der Waals surface area (Å²) >= 11 is 0. The fourth-order valence-electron chi connectivity index (χ4n) is 3.92. The minimum Gasteiger partial charge on any atom is -0.459 e. The maximum Gasteiger partial charge on any atom is 0.294 e. The Balaban J connectivity index is 1.86. The zero-order chi connectivity index (χ0) is 22.3. The summed E-state index contributed by atoms with van der Waals surface area (Å²) in [6, 6.07) is 15.1. The predicted molar refractivity (Wildman–Crippen MR) is 118 cm³/mol. The standard InChI is InChI=1S/C23H22N2O5S/c1-15-14-24(23(27)22-8-5-11-30-22)21-13-18(9-10-20(21)25(15)16(2)26)17-6-4-7-19(12-17)31(3,28)29/h4-13,15H,14H2,1-3H3/t15-/m0/s1. The summed E-state index contributed by atoms with van der Waals surface area (Å²) in [5, 5.41) is 0. The Kier molecular flexibility index (Phi) is 5.18. The largest absolute Gasteiger partial charge is 0.459 e. The SMILES string of the molecule is CC(=O)N1c2ccc(-c3cccc(S(C)(=O)=O)c3)cc2N(C(=O)c2ccco2)C[C@@H]1C. The van der Waals surface area contributed by atoms with E-state index in [-0.39, 0.29) is 28.5 Å². The first-order valence-corrected chi connectivity index (χ1v) is 11.7. The molecule has 3 aromatic rings. The summed E-state index contributed by atoms with van der Waals surface area (Å²) in [5.74, 6) is -0.215. The number of anilines is 2. The molecule has 0 N–H and O–H groups in total. The van der Waals surface area contributed by atoms with Crippen LogP contribution in [0.5, 0.6) is 0 Å². The highest BCUT2D eigenvalue weighted by molar-refractivity contribution is 7.90. The number of hydrogen-bond acceptors (Lipinski definition) is 5. The summed E-state index contributed by atoms with van der Waals surface area (Å²) in [4.78, 5) is 28.9. The number of amides is 2. The molecule has 0 spiro atoms. The van der Waals surface area contributed by atoms with E-state index < -0.39 is 9.84 Å². The van der Waals surface area contributed by atoms with Crippen LogP contribution in [0, 0.1) is 0 Å². The maximum atomic E-state index is 13.1. The quantitative estimate of drug-likeness (QED) is 0.621. The monoisotopic (exact) mass is 438 g/mol. The molecule has 8 heteroatoms. The topological polar surface area (TPSA) is 87.9 Å². The second-order valence-electron chi connectivity index (χ2n) is 7.63. The molecular formula is C23H22N2O5S. The van der Waals surface area contributed by atoms with Crippen molar-refractivity contribution in [2.45, 2.75) is 24.8 Å². The number of furan rings is 1. The van der Waals surface area contributed by atoms with Crippen LogP contribution < -0.4 is 9.80 Å². The van der Waals surface area contributed by atoms with Crippen molar-refractivity contribution in [1.29, 1.82) is 0 Å². The Labute approximate surface area is 180 Å². The number of hydrogen-bond donors (Lipinski definition) is 0. The Bertz CT molecular complexity index is 1260. The zero-order valence-electron chi connectivity index (χ0n) is 17.4. The lowest BCUT2D eigenvalue weighted by atomic mass is 10.0. The molecule has 4 rings (SSSR count). The van der Waals surface area contributed by atoms with E-state index in [0.717, 1.165) is 11.8 Å². The van der Waals surface area contributed by atoms with Gasteiger partial charge in [0, 0.05) is 19.7 Å². The van der Waals surface area contributed by atoms with Gasteiger partial charge in [-0.25, -0.2) is 8.42 Å². The fourth-order valence-corrected chi connectivity index (χ4v) is 4.58. The minimum absolute atomic E-state index is 0.120. The molecule has 1 atom stereocenters. The van der Waals surface area contributed by atoms with Gasteiger partial charge in [0.15, 0.2) is 15.6 Å². The molecule has 0 aliphatic carbocycles. The highest BCUT2D eigenvalue weighted by Crippen LogP contribution is 2.39. The molecule has 0 radical (unpaired) electrons.